The molecule has 2 rings (SSSR count). The van der Waals surface area contributed by atoms with Gasteiger partial charge in [0.15, 0.2) is 0 Å². The maximum absolute atomic E-state index is 12.0. The van der Waals surface area contributed by atoms with Gasteiger partial charge in [-0.1, -0.05) is 31.2 Å². The van der Waals surface area contributed by atoms with Crippen LogP contribution >= 0.6 is 0 Å². The number of carbonyl (C=O) groups is 2. The fourth-order valence-electron chi connectivity index (χ4n) is 2.80. The predicted octanol–water partition coefficient (Wildman–Crippen LogP) is 1.26. The third-order valence-corrected chi connectivity index (χ3v) is 4.48. The van der Waals surface area contributed by atoms with E-state index in [1.807, 2.05) is 31.2 Å². The highest BCUT2D eigenvalue weighted by molar-refractivity contribution is 6.35. The number of rotatable bonds is 7. The van der Waals surface area contributed by atoms with Gasteiger partial charge in [-0.3, -0.25) is 14.5 Å². The van der Waals surface area contributed by atoms with Crippen LogP contribution in [0.4, 0.5) is 0 Å². The molecule has 1 atom stereocenters. The molecule has 138 valence electrons. The summed E-state index contributed by atoms with van der Waals surface area (Å²) in [6.45, 7) is 8.80. The van der Waals surface area contributed by atoms with Crippen LogP contribution in [0.2, 0.25) is 0 Å². The maximum Gasteiger partial charge on any atom is 0.309 e. The van der Waals surface area contributed by atoms with Crippen LogP contribution in [0, 0.1) is 0 Å². The van der Waals surface area contributed by atoms with Crippen molar-refractivity contribution < 1.29 is 14.3 Å². The monoisotopic (exact) mass is 347 g/mol. The molecule has 2 N–H and O–H groups in total. The molecule has 0 bridgehead atoms. The Morgan fingerprint density at radius 3 is 2.48 bits per heavy atom. The van der Waals surface area contributed by atoms with E-state index in [0.29, 0.717) is 6.54 Å². The van der Waals surface area contributed by atoms with Gasteiger partial charge in [0.25, 0.3) is 0 Å². The fourth-order valence-corrected chi connectivity index (χ4v) is 2.80. The quantitative estimate of drug-likeness (QED) is 0.576. The summed E-state index contributed by atoms with van der Waals surface area (Å²) in [5.41, 5.74) is 2.24. The summed E-state index contributed by atoms with van der Waals surface area (Å²) in [5.74, 6) is -1.16. The number of ether oxygens (including phenoxy) is 1. The van der Waals surface area contributed by atoms with Crippen molar-refractivity contribution >= 4 is 11.8 Å². The Morgan fingerprint density at radius 2 is 1.84 bits per heavy atom. The van der Waals surface area contributed by atoms with Gasteiger partial charge in [-0.25, -0.2) is 0 Å². The van der Waals surface area contributed by atoms with Gasteiger partial charge in [-0.05, 0) is 37.4 Å². The first-order valence-corrected chi connectivity index (χ1v) is 9.07. The summed E-state index contributed by atoms with van der Waals surface area (Å²) in [4.78, 5) is 26.2. The lowest BCUT2D eigenvalue weighted by Crippen LogP contribution is -2.42. The lowest BCUT2D eigenvalue weighted by Gasteiger charge is -2.26. The van der Waals surface area contributed by atoms with E-state index >= 15 is 0 Å². The molecule has 1 aliphatic heterocycles. The van der Waals surface area contributed by atoms with Crippen LogP contribution in [0.3, 0.4) is 0 Å². The first-order valence-electron chi connectivity index (χ1n) is 9.07. The second kappa shape index (κ2) is 10.2. The third kappa shape index (κ3) is 6.48. The number of hydrogen-bond acceptors (Lipinski definition) is 4. The number of nitrogens with zero attached hydrogens (tertiary/aromatic N) is 1. The molecule has 6 nitrogen and oxygen atoms in total. The summed E-state index contributed by atoms with van der Waals surface area (Å²) in [6, 6.07) is 7.87. The second-order valence-electron chi connectivity index (χ2n) is 6.35. The Balaban J connectivity index is 1.67. The Labute approximate surface area is 149 Å². The van der Waals surface area contributed by atoms with Gasteiger partial charge in [0.2, 0.25) is 0 Å². The number of carbonyl (C=O) groups excluding carboxylic acids is 2. The van der Waals surface area contributed by atoms with Gasteiger partial charge >= 0.3 is 11.8 Å². The third-order valence-electron chi connectivity index (χ3n) is 4.48. The molecule has 0 aromatic heterocycles. The molecular weight excluding hydrogens is 318 g/mol. The molecule has 1 heterocycles. The number of morpholine rings is 1. The molecule has 1 aliphatic rings. The summed E-state index contributed by atoms with van der Waals surface area (Å²) in [5, 5.41) is 5.43. The van der Waals surface area contributed by atoms with Crippen molar-refractivity contribution in [1.82, 2.24) is 15.5 Å². The van der Waals surface area contributed by atoms with Gasteiger partial charge in [0.05, 0.1) is 19.3 Å². The van der Waals surface area contributed by atoms with Crippen molar-refractivity contribution in [2.24, 2.45) is 0 Å². The average molecular weight is 347 g/mol. The van der Waals surface area contributed by atoms with E-state index in [9.17, 15) is 9.59 Å². The second-order valence-corrected chi connectivity index (χ2v) is 6.35. The van der Waals surface area contributed by atoms with Crippen LogP contribution in [-0.2, 0) is 20.7 Å². The van der Waals surface area contributed by atoms with Crippen LogP contribution < -0.4 is 10.6 Å². The summed E-state index contributed by atoms with van der Waals surface area (Å²) >= 11 is 0. The minimum Gasteiger partial charge on any atom is -0.379 e. The molecule has 1 saturated heterocycles. The molecule has 0 spiro atoms. The Morgan fingerprint density at radius 1 is 1.16 bits per heavy atom. The van der Waals surface area contributed by atoms with Crippen molar-refractivity contribution in [1.29, 1.82) is 0 Å². The van der Waals surface area contributed by atoms with Crippen LogP contribution in [0.25, 0.3) is 0 Å². The highest BCUT2D eigenvalue weighted by Crippen LogP contribution is 2.13. The van der Waals surface area contributed by atoms with E-state index in [-0.39, 0.29) is 6.04 Å². The smallest absolute Gasteiger partial charge is 0.309 e. The topological polar surface area (TPSA) is 70.7 Å². The molecule has 0 saturated carbocycles. The predicted molar refractivity (Wildman–Crippen MR) is 97.3 cm³/mol. The largest absolute Gasteiger partial charge is 0.379 e. The summed E-state index contributed by atoms with van der Waals surface area (Å²) in [6.07, 6.45) is 1.81. The number of nitrogens with one attached hydrogen (secondary N) is 2. The molecule has 1 unspecified atom stereocenters. The van der Waals surface area contributed by atoms with Crippen LogP contribution in [0.15, 0.2) is 24.3 Å². The van der Waals surface area contributed by atoms with Gasteiger partial charge < -0.3 is 15.4 Å². The molecule has 0 aliphatic carbocycles. The van der Waals surface area contributed by atoms with Crippen molar-refractivity contribution in [3.05, 3.63) is 35.4 Å². The number of aryl methyl sites for hydroxylation is 1. The highest BCUT2D eigenvalue weighted by Gasteiger charge is 2.17. The summed E-state index contributed by atoms with van der Waals surface area (Å²) < 4.78 is 5.30. The highest BCUT2D eigenvalue weighted by atomic mass is 16.5. The van der Waals surface area contributed by atoms with Crippen molar-refractivity contribution in [2.45, 2.75) is 32.7 Å². The molecule has 1 aromatic rings. The zero-order valence-electron chi connectivity index (χ0n) is 15.2. The first kappa shape index (κ1) is 19.4. The molecule has 1 fully saturated rings. The van der Waals surface area contributed by atoms with Crippen LogP contribution in [0.1, 0.15) is 37.4 Å². The van der Waals surface area contributed by atoms with Crippen LogP contribution in [0.5, 0.6) is 0 Å². The van der Waals surface area contributed by atoms with Gasteiger partial charge in [0.1, 0.15) is 0 Å². The van der Waals surface area contributed by atoms with E-state index in [0.717, 1.165) is 51.3 Å². The summed E-state index contributed by atoms with van der Waals surface area (Å²) in [7, 11) is 0. The van der Waals surface area contributed by atoms with Gasteiger partial charge in [-0.15, -0.1) is 0 Å². The van der Waals surface area contributed by atoms with Crippen molar-refractivity contribution in [3.8, 4) is 0 Å². The lowest BCUT2D eigenvalue weighted by atomic mass is 10.1. The molecule has 2 amide bonds. The first-order chi connectivity index (χ1) is 12.1. The zero-order valence-corrected chi connectivity index (χ0v) is 15.2. The number of amides is 2. The Kier molecular flexibility index (Phi) is 7.88. The normalized spacial score (nSPS) is 16.2. The fraction of sp³-hybridized carbons (Fsp3) is 0.579. The molecule has 1 aromatic carbocycles. The average Bonchev–Trinajstić information content (AvgIpc) is 2.65. The standard InChI is InChI=1S/C19H29N3O3/c1-3-16-5-7-17(8-6-16)15(2)21-19(24)18(23)20-9-4-10-22-11-13-25-14-12-22/h5-8,15H,3-4,9-14H2,1-2H3,(H,20,23)(H,21,24). The molecule has 6 heteroatoms. The van der Waals surface area contributed by atoms with Crippen molar-refractivity contribution in [3.63, 3.8) is 0 Å². The maximum atomic E-state index is 12.0. The lowest BCUT2D eigenvalue weighted by molar-refractivity contribution is -0.139. The molecule has 25 heavy (non-hydrogen) atoms. The zero-order chi connectivity index (χ0) is 18.1. The van der Waals surface area contributed by atoms with E-state index in [4.69, 9.17) is 4.74 Å². The number of hydrogen-bond donors (Lipinski definition) is 2. The molecule has 0 radical (unpaired) electrons. The Bertz CT molecular complexity index is 554. The SMILES string of the molecule is CCc1ccc(C(C)NC(=O)C(=O)NCCCN2CCOCC2)cc1. The van der Waals surface area contributed by atoms with Gasteiger partial charge in [0, 0.05) is 19.6 Å². The van der Waals surface area contributed by atoms with Crippen LogP contribution in [-0.4, -0.2) is 56.1 Å². The van der Waals surface area contributed by atoms with Gasteiger partial charge in [-0.2, -0.15) is 0 Å². The van der Waals surface area contributed by atoms with E-state index in [2.05, 4.69) is 22.5 Å². The van der Waals surface area contributed by atoms with E-state index in [1.54, 1.807) is 0 Å². The van der Waals surface area contributed by atoms with Crippen molar-refractivity contribution in [2.75, 3.05) is 39.4 Å². The minimum atomic E-state index is -0.585. The number of benzene rings is 1. The Hall–Kier alpha value is -1.92. The minimum absolute atomic E-state index is 0.197. The van der Waals surface area contributed by atoms with E-state index in [1.165, 1.54) is 5.56 Å². The molecular formula is C19H29N3O3. The van der Waals surface area contributed by atoms with E-state index < -0.39 is 11.8 Å².